The highest BCUT2D eigenvalue weighted by molar-refractivity contribution is 5.91. The molecule has 1 heterocycles. The molecule has 1 aliphatic heterocycles. The third-order valence-electron chi connectivity index (χ3n) is 4.16. The second-order valence-corrected chi connectivity index (χ2v) is 4.74. The molecular formula is C10H15NO5. The summed E-state index contributed by atoms with van der Waals surface area (Å²) in [6.07, 6.45) is -3.00. The maximum atomic E-state index is 11.6. The van der Waals surface area contributed by atoms with E-state index in [1.807, 2.05) is 0 Å². The lowest BCUT2D eigenvalue weighted by atomic mass is 9.60. The fourth-order valence-corrected chi connectivity index (χ4v) is 2.76. The van der Waals surface area contributed by atoms with Gasteiger partial charge in [-0.2, -0.15) is 0 Å². The molecule has 2 rings (SSSR count). The Kier molecular flexibility index (Phi) is 2.34. The predicted molar refractivity (Wildman–Crippen MR) is 51.3 cm³/mol. The van der Waals surface area contributed by atoms with Crippen molar-refractivity contribution in [3.63, 3.8) is 0 Å². The van der Waals surface area contributed by atoms with Crippen molar-refractivity contribution in [3.05, 3.63) is 0 Å². The highest BCUT2D eigenvalue weighted by Crippen LogP contribution is 2.47. The molecule has 1 unspecified atom stereocenters. The van der Waals surface area contributed by atoms with E-state index in [4.69, 9.17) is 0 Å². The number of hydrogen-bond donors (Lipinski definition) is 3. The molecule has 2 fully saturated rings. The molecule has 1 amide bonds. The molecule has 0 radical (unpaired) electrons. The zero-order valence-electron chi connectivity index (χ0n) is 9.12. The maximum absolute atomic E-state index is 11.6. The van der Waals surface area contributed by atoms with Crippen LogP contribution in [-0.4, -0.2) is 49.9 Å². The summed E-state index contributed by atoms with van der Waals surface area (Å²) in [7, 11) is 0. The van der Waals surface area contributed by atoms with Crippen molar-refractivity contribution in [1.82, 2.24) is 5.06 Å². The van der Waals surface area contributed by atoms with Crippen LogP contribution in [0.5, 0.6) is 0 Å². The fourth-order valence-electron chi connectivity index (χ4n) is 2.76. The molecular weight excluding hydrogens is 214 g/mol. The minimum atomic E-state index is -1.53. The van der Waals surface area contributed by atoms with Gasteiger partial charge in [0.05, 0.1) is 6.42 Å². The first-order chi connectivity index (χ1) is 7.34. The number of amides is 1. The predicted octanol–water partition coefficient (Wildman–Crippen LogP) is -1.08. The Morgan fingerprint density at radius 1 is 1.31 bits per heavy atom. The molecule has 0 aromatic rings. The first kappa shape index (κ1) is 11.5. The van der Waals surface area contributed by atoms with E-state index in [0.29, 0.717) is 5.06 Å². The average molecular weight is 229 g/mol. The number of β-lactam (4-membered cyclic amide) rings is 1. The number of carbonyl (C=O) groups is 2. The van der Waals surface area contributed by atoms with Gasteiger partial charge in [-0.25, -0.2) is 5.06 Å². The van der Waals surface area contributed by atoms with Gasteiger partial charge in [-0.3, -0.25) is 14.8 Å². The van der Waals surface area contributed by atoms with Crippen LogP contribution >= 0.6 is 0 Å². The van der Waals surface area contributed by atoms with E-state index in [-0.39, 0.29) is 12.3 Å². The van der Waals surface area contributed by atoms with Crippen molar-refractivity contribution >= 4 is 11.7 Å². The second kappa shape index (κ2) is 3.26. The lowest BCUT2D eigenvalue weighted by molar-refractivity contribution is -0.282. The summed E-state index contributed by atoms with van der Waals surface area (Å²) in [4.78, 5) is 22.7. The molecule has 0 aromatic carbocycles. The van der Waals surface area contributed by atoms with Crippen LogP contribution in [0, 0.1) is 11.8 Å². The molecule has 1 aliphatic carbocycles. The second-order valence-electron chi connectivity index (χ2n) is 4.74. The van der Waals surface area contributed by atoms with Crippen LogP contribution in [0.4, 0.5) is 0 Å². The smallest absolute Gasteiger partial charge is 0.249 e. The van der Waals surface area contributed by atoms with E-state index in [0.717, 1.165) is 0 Å². The van der Waals surface area contributed by atoms with Crippen LogP contribution in [0.15, 0.2) is 0 Å². The van der Waals surface area contributed by atoms with Crippen molar-refractivity contribution in [2.45, 2.75) is 38.0 Å². The third kappa shape index (κ3) is 1.07. The van der Waals surface area contributed by atoms with Crippen molar-refractivity contribution in [1.29, 1.82) is 0 Å². The van der Waals surface area contributed by atoms with Gasteiger partial charge in [0.2, 0.25) is 5.91 Å². The third-order valence-corrected chi connectivity index (χ3v) is 4.16. The number of ketones is 1. The molecule has 1 spiro atoms. The average Bonchev–Trinajstić information content (AvgIpc) is 2.28. The van der Waals surface area contributed by atoms with Crippen molar-refractivity contribution in [2.24, 2.45) is 11.8 Å². The van der Waals surface area contributed by atoms with Crippen LogP contribution in [0.1, 0.15) is 20.3 Å². The summed E-state index contributed by atoms with van der Waals surface area (Å²) in [6.45, 7) is 3.31. The molecule has 0 bridgehead atoms. The Hall–Kier alpha value is -0.980. The summed E-state index contributed by atoms with van der Waals surface area (Å²) < 4.78 is 0. The molecule has 3 N–H and O–H groups in total. The molecule has 1 saturated heterocycles. The van der Waals surface area contributed by atoms with E-state index in [1.54, 1.807) is 13.8 Å². The maximum Gasteiger partial charge on any atom is 0.249 e. The summed E-state index contributed by atoms with van der Waals surface area (Å²) in [5, 5.41) is 29.5. The molecule has 16 heavy (non-hydrogen) atoms. The highest BCUT2D eigenvalue weighted by atomic mass is 16.5. The molecule has 1 saturated carbocycles. The summed E-state index contributed by atoms with van der Waals surface area (Å²) in [6, 6.07) is 0. The monoisotopic (exact) mass is 229 g/mol. The number of rotatable bonds is 0. The quantitative estimate of drug-likeness (QED) is 0.362. The Labute approximate surface area is 92.4 Å². The first-order valence-electron chi connectivity index (χ1n) is 5.26. The minimum absolute atomic E-state index is 0.0412. The molecule has 0 aromatic heterocycles. The molecule has 5 atom stereocenters. The fraction of sp³-hybridized carbons (Fsp3) is 0.800. The van der Waals surface area contributed by atoms with E-state index < -0.39 is 35.4 Å². The van der Waals surface area contributed by atoms with Crippen molar-refractivity contribution in [2.75, 3.05) is 0 Å². The first-order valence-corrected chi connectivity index (χ1v) is 5.26. The van der Waals surface area contributed by atoms with E-state index >= 15 is 0 Å². The number of nitrogens with zero attached hydrogens (tertiary/aromatic N) is 1. The Morgan fingerprint density at radius 2 is 1.88 bits per heavy atom. The minimum Gasteiger partial charge on any atom is -0.387 e. The van der Waals surface area contributed by atoms with Gasteiger partial charge >= 0.3 is 0 Å². The number of hydroxylamine groups is 2. The number of carbonyl (C=O) groups excluding carboxylic acids is 2. The Morgan fingerprint density at radius 3 is 2.31 bits per heavy atom. The Balaban J connectivity index is 2.38. The number of aliphatic hydroxyl groups excluding tert-OH is 2. The van der Waals surface area contributed by atoms with E-state index in [9.17, 15) is 25.0 Å². The summed E-state index contributed by atoms with van der Waals surface area (Å²) in [5.74, 6) is -1.83. The Bertz CT molecular complexity index is 337. The van der Waals surface area contributed by atoms with Crippen LogP contribution in [-0.2, 0) is 9.59 Å². The van der Waals surface area contributed by atoms with Crippen LogP contribution < -0.4 is 0 Å². The van der Waals surface area contributed by atoms with Gasteiger partial charge < -0.3 is 10.2 Å². The van der Waals surface area contributed by atoms with Gasteiger partial charge in [0, 0.05) is 5.92 Å². The summed E-state index contributed by atoms with van der Waals surface area (Å²) in [5.41, 5.74) is -1.20. The van der Waals surface area contributed by atoms with Crippen LogP contribution in [0.2, 0.25) is 0 Å². The van der Waals surface area contributed by atoms with Gasteiger partial charge in [-0.05, 0) is 5.92 Å². The number of hydrogen-bond acceptors (Lipinski definition) is 5. The zero-order chi connectivity index (χ0) is 12.2. The molecule has 2 aliphatic rings. The van der Waals surface area contributed by atoms with Gasteiger partial charge in [0.15, 0.2) is 5.78 Å². The number of Topliss-reactive ketones (excluding diaryl/α,β-unsaturated/α-hetero) is 1. The summed E-state index contributed by atoms with van der Waals surface area (Å²) >= 11 is 0. The van der Waals surface area contributed by atoms with Gasteiger partial charge in [0.1, 0.15) is 17.7 Å². The topological polar surface area (TPSA) is 98.1 Å². The lowest BCUT2D eigenvalue weighted by Gasteiger charge is -2.58. The van der Waals surface area contributed by atoms with Crippen LogP contribution in [0.25, 0.3) is 0 Å². The number of aliphatic hydroxyl groups is 2. The van der Waals surface area contributed by atoms with Crippen LogP contribution in [0.3, 0.4) is 0 Å². The van der Waals surface area contributed by atoms with Gasteiger partial charge in [-0.1, -0.05) is 13.8 Å². The largest absolute Gasteiger partial charge is 0.387 e. The standard InChI is InChI=1S/C10H15NO5/c1-4-5(2)10(3-6(12)11(10)16)9(15)8(14)7(4)13/h4-5,8-9,14-16H,3H2,1-2H3/t4-,5+,8-,9-,10?/m0/s1. The van der Waals surface area contributed by atoms with E-state index in [1.165, 1.54) is 0 Å². The molecule has 6 heteroatoms. The lowest BCUT2D eigenvalue weighted by Crippen LogP contribution is -2.77. The van der Waals surface area contributed by atoms with Crippen molar-refractivity contribution < 1.29 is 25.0 Å². The highest BCUT2D eigenvalue weighted by Gasteiger charge is 2.66. The normalized spacial score (nSPS) is 48.4. The van der Waals surface area contributed by atoms with Gasteiger partial charge in [0.25, 0.3) is 0 Å². The molecule has 90 valence electrons. The molecule has 6 nitrogen and oxygen atoms in total. The van der Waals surface area contributed by atoms with Crippen molar-refractivity contribution in [3.8, 4) is 0 Å². The zero-order valence-corrected chi connectivity index (χ0v) is 9.12. The van der Waals surface area contributed by atoms with E-state index in [2.05, 4.69) is 0 Å². The SMILES string of the molecule is C[C@@H]1C(=O)[C@H](O)[C@H](O)C2(CC(=O)N2O)[C@@H]1C. The van der Waals surface area contributed by atoms with Gasteiger partial charge in [-0.15, -0.1) is 0 Å².